The summed E-state index contributed by atoms with van der Waals surface area (Å²) in [7, 11) is 0. The third-order valence-electron chi connectivity index (χ3n) is 2.48. The van der Waals surface area contributed by atoms with Crippen LogP contribution >= 0.6 is 0 Å². The minimum atomic E-state index is -1.46. The van der Waals surface area contributed by atoms with Gasteiger partial charge >= 0.3 is 5.69 Å². The normalized spacial score (nSPS) is 10.3. The number of nitro benzene ring substituents is 1. The van der Waals surface area contributed by atoms with Gasteiger partial charge in [0.1, 0.15) is 11.5 Å². The molecule has 2 rings (SSSR count). The molecule has 2 aromatic rings. The van der Waals surface area contributed by atoms with E-state index in [0.717, 1.165) is 12.1 Å². The molecule has 0 aromatic heterocycles. The van der Waals surface area contributed by atoms with Crippen LogP contribution in [0.5, 0.6) is 17.2 Å². The molecule has 20 heavy (non-hydrogen) atoms. The molecule has 0 spiro atoms. The van der Waals surface area contributed by atoms with Crippen molar-refractivity contribution in [3.8, 4) is 17.2 Å². The lowest BCUT2D eigenvalue weighted by Crippen LogP contribution is -1.98. The lowest BCUT2D eigenvalue weighted by Gasteiger charge is -2.09. The van der Waals surface area contributed by atoms with Crippen LogP contribution in [0.3, 0.4) is 0 Å². The topological polar surface area (TPSA) is 72.6 Å². The maximum atomic E-state index is 13.6. The first kappa shape index (κ1) is 13.7. The summed E-state index contributed by atoms with van der Waals surface area (Å²) in [6, 6.07) is 5.44. The Balaban J connectivity index is 2.52. The first-order chi connectivity index (χ1) is 9.38. The molecule has 0 radical (unpaired) electrons. The Bertz CT molecular complexity index is 668. The summed E-state index contributed by atoms with van der Waals surface area (Å²) in [4.78, 5) is 9.91. The maximum Gasteiger partial charge on any atom is 0.314 e. The number of halogens is 2. The molecule has 7 heteroatoms. The first-order valence-corrected chi connectivity index (χ1v) is 5.49. The average Bonchev–Trinajstić information content (AvgIpc) is 2.33. The van der Waals surface area contributed by atoms with Crippen molar-refractivity contribution in [2.24, 2.45) is 0 Å². The second-order valence-corrected chi connectivity index (χ2v) is 4.07. The van der Waals surface area contributed by atoms with Gasteiger partial charge in [0.15, 0.2) is 5.82 Å². The predicted molar refractivity (Wildman–Crippen MR) is 65.9 cm³/mol. The monoisotopic (exact) mass is 281 g/mol. The summed E-state index contributed by atoms with van der Waals surface area (Å²) in [6.07, 6.45) is 0. The number of phenolic OH excluding ortho intramolecular Hbond substituents is 1. The third-order valence-corrected chi connectivity index (χ3v) is 2.48. The fraction of sp³-hybridized carbons (Fsp3) is 0.0769. The molecule has 1 N–H and O–H groups in total. The highest BCUT2D eigenvalue weighted by Gasteiger charge is 2.24. The van der Waals surface area contributed by atoms with Crippen molar-refractivity contribution in [2.45, 2.75) is 6.92 Å². The highest BCUT2D eigenvalue weighted by Crippen LogP contribution is 2.36. The highest BCUT2D eigenvalue weighted by molar-refractivity contribution is 5.50. The zero-order valence-corrected chi connectivity index (χ0v) is 10.3. The van der Waals surface area contributed by atoms with Crippen LogP contribution in [0, 0.1) is 28.7 Å². The standard InChI is InChI=1S/C13H9F2NO4/c1-7-4-8(17)6-9(5-7)20-13-11(16(18)19)3-2-10(14)12(13)15/h2-6,17H,1H3. The summed E-state index contributed by atoms with van der Waals surface area (Å²) in [5.41, 5.74) is -0.107. The van der Waals surface area contributed by atoms with E-state index in [9.17, 15) is 24.0 Å². The van der Waals surface area contributed by atoms with Crippen molar-refractivity contribution < 1.29 is 23.5 Å². The van der Waals surface area contributed by atoms with E-state index >= 15 is 0 Å². The number of aryl methyl sites for hydroxylation is 1. The number of benzene rings is 2. The van der Waals surface area contributed by atoms with Gasteiger partial charge in [-0.1, -0.05) is 0 Å². The Morgan fingerprint density at radius 3 is 2.55 bits per heavy atom. The molecule has 0 aliphatic carbocycles. The fourth-order valence-electron chi connectivity index (χ4n) is 1.67. The number of phenols is 1. The van der Waals surface area contributed by atoms with Gasteiger partial charge in [-0.25, -0.2) is 4.39 Å². The van der Waals surface area contributed by atoms with E-state index in [2.05, 4.69) is 0 Å². The molecule has 0 fully saturated rings. The number of hydrogen-bond acceptors (Lipinski definition) is 4. The average molecular weight is 281 g/mol. The molecule has 0 heterocycles. The molecule has 2 aromatic carbocycles. The van der Waals surface area contributed by atoms with Gasteiger partial charge in [-0.15, -0.1) is 0 Å². The van der Waals surface area contributed by atoms with Crippen molar-refractivity contribution in [1.82, 2.24) is 0 Å². The molecule has 0 saturated carbocycles. The van der Waals surface area contributed by atoms with E-state index in [0.29, 0.717) is 11.6 Å². The Hall–Kier alpha value is -2.70. The Morgan fingerprint density at radius 2 is 1.95 bits per heavy atom. The first-order valence-electron chi connectivity index (χ1n) is 5.49. The van der Waals surface area contributed by atoms with Crippen molar-refractivity contribution >= 4 is 5.69 Å². The van der Waals surface area contributed by atoms with Crippen molar-refractivity contribution in [2.75, 3.05) is 0 Å². The van der Waals surface area contributed by atoms with Crippen molar-refractivity contribution in [3.05, 3.63) is 57.6 Å². The van der Waals surface area contributed by atoms with Gasteiger partial charge in [-0.05, 0) is 30.7 Å². The van der Waals surface area contributed by atoms with Crippen molar-refractivity contribution in [1.29, 1.82) is 0 Å². The van der Waals surface area contributed by atoms with Crippen LogP contribution in [-0.2, 0) is 0 Å². The van der Waals surface area contributed by atoms with E-state index < -0.39 is 28.0 Å². The lowest BCUT2D eigenvalue weighted by molar-refractivity contribution is -0.385. The molecule has 0 saturated heterocycles. The van der Waals surface area contributed by atoms with Gasteiger partial charge in [-0.3, -0.25) is 10.1 Å². The zero-order chi connectivity index (χ0) is 14.9. The van der Waals surface area contributed by atoms with Gasteiger partial charge in [0.05, 0.1) is 4.92 Å². The van der Waals surface area contributed by atoms with Crippen LogP contribution in [-0.4, -0.2) is 10.0 Å². The Morgan fingerprint density at radius 1 is 1.25 bits per heavy atom. The number of aromatic hydroxyl groups is 1. The number of nitrogens with zero attached hydrogens (tertiary/aromatic N) is 1. The molecule has 0 aliphatic heterocycles. The van der Waals surface area contributed by atoms with Crippen LogP contribution in [0.4, 0.5) is 14.5 Å². The van der Waals surface area contributed by atoms with E-state index in [1.807, 2.05) is 0 Å². The maximum absolute atomic E-state index is 13.6. The summed E-state index contributed by atoms with van der Waals surface area (Å²) >= 11 is 0. The lowest BCUT2D eigenvalue weighted by atomic mass is 10.2. The summed E-state index contributed by atoms with van der Waals surface area (Å²) in [6.45, 7) is 1.64. The molecule has 5 nitrogen and oxygen atoms in total. The predicted octanol–water partition coefficient (Wildman–Crippen LogP) is 3.68. The van der Waals surface area contributed by atoms with Gasteiger partial charge in [-0.2, -0.15) is 4.39 Å². The SMILES string of the molecule is Cc1cc(O)cc(Oc2c([N+](=O)[O-])ccc(F)c2F)c1. The molecule has 0 bridgehead atoms. The van der Waals surface area contributed by atoms with E-state index in [4.69, 9.17) is 4.74 Å². The van der Waals surface area contributed by atoms with Gasteiger partial charge in [0, 0.05) is 12.1 Å². The van der Waals surface area contributed by atoms with E-state index in [1.54, 1.807) is 6.92 Å². The Kier molecular flexibility index (Phi) is 3.51. The quantitative estimate of drug-likeness (QED) is 0.688. The van der Waals surface area contributed by atoms with Crippen LogP contribution in [0.2, 0.25) is 0 Å². The highest BCUT2D eigenvalue weighted by atomic mass is 19.2. The van der Waals surface area contributed by atoms with E-state index in [-0.39, 0.29) is 11.5 Å². The van der Waals surface area contributed by atoms with Gasteiger partial charge < -0.3 is 9.84 Å². The third kappa shape index (κ3) is 2.66. The molecule has 0 atom stereocenters. The fourth-order valence-corrected chi connectivity index (χ4v) is 1.67. The smallest absolute Gasteiger partial charge is 0.314 e. The van der Waals surface area contributed by atoms with Gasteiger partial charge in [0.25, 0.3) is 0 Å². The zero-order valence-electron chi connectivity index (χ0n) is 10.3. The number of hydrogen-bond donors (Lipinski definition) is 1. The van der Waals surface area contributed by atoms with Crippen LogP contribution < -0.4 is 4.74 Å². The van der Waals surface area contributed by atoms with Crippen LogP contribution in [0.15, 0.2) is 30.3 Å². The van der Waals surface area contributed by atoms with Crippen LogP contribution in [0.1, 0.15) is 5.56 Å². The minimum Gasteiger partial charge on any atom is -0.508 e. The summed E-state index contributed by atoms with van der Waals surface area (Å²) in [5, 5.41) is 20.2. The van der Waals surface area contributed by atoms with E-state index in [1.165, 1.54) is 12.1 Å². The number of ether oxygens (including phenoxy) is 1. The second-order valence-electron chi connectivity index (χ2n) is 4.07. The molecule has 0 amide bonds. The van der Waals surface area contributed by atoms with Crippen LogP contribution in [0.25, 0.3) is 0 Å². The second kappa shape index (κ2) is 5.12. The summed E-state index contributed by atoms with van der Waals surface area (Å²) in [5.74, 6) is -3.74. The summed E-state index contributed by atoms with van der Waals surface area (Å²) < 4.78 is 31.8. The van der Waals surface area contributed by atoms with Crippen molar-refractivity contribution in [3.63, 3.8) is 0 Å². The molecule has 104 valence electrons. The minimum absolute atomic E-state index is 0.0323. The van der Waals surface area contributed by atoms with Gasteiger partial charge in [0.2, 0.25) is 11.6 Å². The molecular formula is C13H9F2NO4. The largest absolute Gasteiger partial charge is 0.508 e. The molecular weight excluding hydrogens is 272 g/mol. The molecule has 0 unspecified atom stereocenters. The Labute approximate surface area is 112 Å². The number of nitro groups is 1. The number of rotatable bonds is 3. The molecule has 0 aliphatic rings.